The van der Waals surface area contributed by atoms with Crippen LogP contribution >= 0.6 is 0 Å². The number of nitrogens with one attached hydrogen (secondary N) is 1. The summed E-state index contributed by atoms with van der Waals surface area (Å²) in [5.41, 5.74) is -0.317. The summed E-state index contributed by atoms with van der Waals surface area (Å²) in [6.45, 7) is 6.64. The number of hydrogen-bond acceptors (Lipinski definition) is 7. The van der Waals surface area contributed by atoms with E-state index in [1.165, 1.54) is 19.2 Å². The molecule has 1 fully saturated rings. The van der Waals surface area contributed by atoms with Crippen LogP contribution in [0.15, 0.2) is 40.9 Å². The van der Waals surface area contributed by atoms with Gasteiger partial charge in [0.25, 0.3) is 5.91 Å². The molecule has 0 spiro atoms. The zero-order chi connectivity index (χ0) is 27.2. The Morgan fingerprint density at radius 3 is 2.70 bits per heavy atom. The van der Waals surface area contributed by atoms with Crippen molar-refractivity contribution in [2.24, 2.45) is 0 Å². The zero-order valence-electron chi connectivity index (χ0n) is 21.1. The first-order valence-corrected chi connectivity index (χ1v) is 11.9. The molecule has 0 saturated carbocycles. The summed E-state index contributed by atoms with van der Waals surface area (Å²) in [6, 6.07) is 7.31. The Hall–Kier alpha value is -3.60. The highest BCUT2D eigenvalue weighted by Crippen LogP contribution is 2.32. The van der Waals surface area contributed by atoms with Crippen molar-refractivity contribution in [3.63, 3.8) is 0 Å². The molecule has 37 heavy (non-hydrogen) atoms. The monoisotopic (exact) mass is 521 g/mol. The predicted molar refractivity (Wildman–Crippen MR) is 130 cm³/mol. The average molecular weight is 522 g/mol. The van der Waals surface area contributed by atoms with E-state index in [-0.39, 0.29) is 42.4 Å². The number of esters is 1. The second kappa shape index (κ2) is 12.1. The molecule has 1 aromatic carbocycles. The SMILES string of the molecule is CC.COC(=O)CN1CCC(NC(=O)c2c(C)oc3ccc(OCc4cccnc4C(F)(F)F)cc23)C1. The average Bonchev–Trinajstić information content (AvgIpc) is 3.45. The summed E-state index contributed by atoms with van der Waals surface area (Å²) in [7, 11) is 1.33. The van der Waals surface area contributed by atoms with Gasteiger partial charge in [0.2, 0.25) is 0 Å². The van der Waals surface area contributed by atoms with Crippen LogP contribution in [0.25, 0.3) is 11.0 Å². The summed E-state index contributed by atoms with van der Waals surface area (Å²) in [5, 5.41) is 3.46. The van der Waals surface area contributed by atoms with Crippen LogP contribution in [-0.4, -0.2) is 54.5 Å². The Balaban J connectivity index is 0.00000186. The molecule has 1 atom stereocenters. The highest BCUT2D eigenvalue weighted by atomic mass is 19.4. The molecule has 1 N–H and O–H groups in total. The minimum atomic E-state index is -4.59. The predicted octanol–water partition coefficient (Wildman–Crippen LogP) is 4.74. The lowest BCUT2D eigenvalue weighted by molar-refractivity contribution is -0.142. The Kier molecular flexibility index (Phi) is 9.14. The second-order valence-electron chi connectivity index (χ2n) is 8.26. The van der Waals surface area contributed by atoms with Crippen LogP contribution < -0.4 is 10.1 Å². The van der Waals surface area contributed by atoms with Crippen LogP contribution in [0.5, 0.6) is 5.75 Å². The van der Waals surface area contributed by atoms with Crippen molar-refractivity contribution in [2.75, 3.05) is 26.7 Å². The number of carbonyl (C=O) groups excluding carboxylic acids is 2. The van der Waals surface area contributed by atoms with Gasteiger partial charge in [-0.3, -0.25) is 19.5 Å². The third-order valence-corrected chi connectivity index (χ3v) is 5.80. The van der Waals surface area contributed by atoms with Gasteiger partial charge in [0.05, 0.1) is 19.2 Å². The molecule has 11 heteroatoms. The molecule has 1 aliphatic heterocycles. The lowest BCUT2D eigenvalue weighted by Crippen LogP contribution is -2.38. The molecule has 4 rings (SSSR count). The minimum Gasteiger partial charge on any atom is -0.489 e. The van der Waals surface area contributed by atoms with E-state index in [0.29, 0.717) is 41.8 Å². The number of pyridine rings is 1. The van der Waals surface area contributed by atoms with E-state index >= 15 is 0 Å². The van der Waals surface area contributed by atoms with Gasteiger partial charge >= 0.3 is 12.1 Å². The first kappa shape index (κ1) is 28.0. The Morgan fingerprint density at radius 1 is 1.24 bits per heavy atom. The number of likely N-dealkylation sites (tertiary alicyclic amines) is 1. The molecule has 0 aliphatic carbocycles. The molecule has 1 amide bonds. The number of methoxy groups -OCH3 is 1. The van der Waals surface area contributed by atoms with Crippen LogP contribution in [0.3, 0.4) is 0 Å². The number of furan rings is 1. The molecule has 3 heterocycles. The fourth-order valence-electron chi connectivity index (χ4n) is 4.14. The van der Waals surface area contributed by atoms with Gasteiger partial charge < -0.3 is 19.2 Å². The summed E-state index contributed by atoms with van der Waals surface area (Å²) in [5.74, 6) is 0.0184. The molecular weight excluding hydrogens is 491 g/mol. The maximum Gasteiger partial charge on any atom is 0.433 e. The molecule has 1 saturated heterocycles. The topological polar surface area (TPSA) is 93.9 Å². The van der Waals surface area contributed by atoms with E-state index in [1.807, 2.05) is 18.7 Å². The van der Waals surface area contributed by atoms with Crippen molar-refractivity contribution in [3.8, 4) is 5.75 Å². The maximum absolute atomic E-state index is 13.2. The molecule has 2 aromatic heterocycles. The third kappa shape index (κ3) is 6.79. The van der Waals surface area contributed by atoms with Gasteiger partial charge in [-0.15, -0.1) is 0 Å². The van der Waals surface area contributed by atoms with Gasteiger partial charge in [-0.05, 0) is 37.6 Å². The van der Waals surface area contributed by atoms with Gasteiger partial charge in [-0.25, -0.2) is 0 Å². The Morgan fingerprint density at radius 2 is 2.00 bits per heavy atom. The number of hydrogen-bond donors (Lipinski definition) is 1. The summed E-state index contributed by atoms with van der Waals surface area (Å²) in [6.07, 6.45) is -2.83. The molecule has 0 radical (unpaired) electrons. The van der Waals surface area contributed by atoms with Crippen LogP contribution in [0.2, 0.25) is 0 Å². The lowest BCUT2D eigenvalue weighted by atomic mass is 10.1. The smallest absolute Gasteiger partial charge is 0.433 e. The van der Waals surface area contributed by atoms with E-state index in [9.17, 15) is 22.8 Å². The van der Waals surface area contributed by atoms with E-state index in [0.717, 1.165) is 6.20 Å². The van der Waals surface area contributed by atoms with Crippen LogP contribution in [-0.2, 0) is 22.3 Å². The van der Waals surface area contributed by atoms with Crippen molar-refractivity contribution in [1.29, 1.82) is 0 Å². The summed E-state index contributed by atoms with van der Waals surface area (Å²) >= 11 is 0. The molecule has 0 bridgehead atoms. The molecule has 3 aromatic rings. The maximum atomic E-state index is 13.2. The van der Waals surface area contributed by atoms with Crippen LogP contribution in [0.1, 0.15) is 47.6 Å². The van der Waals surface area contributed by atoms with E-state index in [4.69, 9.17) is 9.15 Å². The minimum absolute atomic E-state index is 0.0980. The Bertz CT molecular complexity index is 1240. The first-order chi connectivity index (χ1) is 17.7. The van der Waals surface area contributed by atoms with Crippen molar-refractivity contribution in [3.05, 3.63) is 59.1 Å². The summed E-state index contributed by atoms with van der Waals surface area (Å²) in [4.78, 5) is 29.9. The van der Waals surface area contributed by atoms with E-state index < -0.39 is 11.9 Å². The number of fused-ring (bicyclic) bond motifs is 1. The number of ether oxygens (including phenoxy) is 2. The quantitative estimate of drug-likeness (QED) is 0.449. The number of aromatic nitrogens is 1. The zero-order valence-corrected chi connectivity index (χ0v) is 21.1. The molecule has 8 nitrogen and oxygen atoms in total. The number of benzene rings is 1. The number of rotatable bonds is 7. The van der Waals surface area contributed by atoms with E-state index in [2.05, 4.69) is 15.0 Å². The van der Waals surface area contributed by atoms with Gasteiger partial charge in [-0.2, -0.15) is 13.2 Å². The number of alkyl halides is 3. The third-order valence-electron chi connectivity index (χ3n) is 5.80. The molecular formula is C26H30F3N3O5. The van der Waals surface area contributed by atoms with Gasteiger partial charge in [0.1, 0.15) is 23.7 Å². The summed E-state index contributed by atoms with van der Waals surface area (Å²) < 4.78 is 55.6. The largest absolute Gasteiger partial charge is 0.489 e. The highest BCUT2D eigenvalue weighted by Gasteiger charge is 2.35. The fraction of sp³-hybridized carbons (Fsp3) is 0.423. The lowest BCUT2D eigenvalue weighted by Gasteiger charge is -2.15. The normalized spacial score (nSPS) is 15.7. The van der Waals surface area contributed by atoms with Gasteiger partial charge in [-0.1, -0.05) is 19.9 Å². The standard InChI is InChI=1S/C24H24F3N3O5.C2H6/c1-14-21(23(32)29-16-7-9-30(11-16)12-20(31)33-2)18-10-17(5-6-19(18)35-14)34-13-15-4-3-8-28-22(15)24(25,26)27;1-2/h3-6,8,10,16H,7,9,11-13H2,1-2H3,(H,29,32);1-2H3. The van der Waals surface area contributed by atoms with Crippen molar-refractivity contribution >= 4 is 22.8 Å². The number of aryl methyl sites for hydroxylation is 1. The number of nitrogens with zero attached hydrogens (tertiary/aromatic N) is 2. The highest BCUT2D eigenvalue weighted by molar-refractivity contribution is 6.07. The van der Waals surface area contributed by atoms with Gasteiger partial charge in [0, 0.05) is 36.3 Å². The second-order valence-corrected chi connectivity index (χ2v) is 8.26. The van der Waals surface area contributed by atoms with Crippen molar-refractivity contribution in [1.82, 2.24) is 15.2 Å². The van der Waals surface area contributed by atoms with Crippen LogP contribution in [0, 0.1) is 6.92 Å². The van der Waals surface area contributed by atoms with Crippen LogP contribution in [0.4, 0.5) is 13.2 Å². The molecule has 1 aliphatic rings. The first-order valence-electron chi connectivity index (χ1n) is 11.9. The van der Waals surface area contributed by atoms with Crippen molar-refractivity contribution < 1.29 is 36.7 Å². The number of amides is 1. The van der Waals surface area contributed by atoms with Crippen molar-refractivity contribution in [2.45, 2.75) is 46.0 Å². The van der Waals surface area contributed by atoms with E-state index in [1.54, 1.807) is 25.1 Å². The number of halogens is 3. The Labute approximate surface area is 212 Å². The molecule has 1 unspecified atom stereocenters. The number of carbonyl (C=O) groups is 2. The fourth-order valence-corrected chi connectivity index (χ4v) is 4.14. The molecule has 200 valence electrons. The van der Waals surface area contributed by atoms with Gasteiger partial charge in [0.15, 0.2) is 5.69 Å².